The zero-order valence-corrected chi connectivity index (χ0v) is 18.9. The highest BCUT2D eigenvalue weighted by Crippen LogP contribution is 2.25. The van der Waals surface area contributed by atoms with Gasteiger partial charge in [0.05, 0.1) is 26.0 Å². The van der Waals surface area contributed by atoms with Crippen LogP contribution in [0.15, 0.2) is 58.9 Å². The molecule has 2 N–H and O–H groups in total. The Morgan fingerprint density at radius 3 is 2.65 bits per heavy atom. The van der Waals surface area contributed by atoms with Crippen molar-refractivity contribution in [1.29, 1.82) is 0 Å². The molecule has 0 atom stereocenters. The second-order valence-electron chi connectivity index (χ2n) is 6.65. The highest BCUT2D eigenvalue weighted by molar-refractivity contribution is 7.13. The lowest BCUT2D eigenvalue weighted by molar-refractivity contribution is 0.172. The molecule has 0 bridgehead atoms. The van der Waals surface area contributed by atoms with Crippen LogP contribution in [0.3, 0.4) is 0 Å². The van der Waals surface area contributed by atoms with Gasteiger partial charge >= 0.3 is 0 Å². The van der Waals surface area contributed by atoms with Crippen molar-refractivity contribution in [3.05, 3.63) is 59.6 Å². The molecular formula is C23H28N4O3S. The summed E-state index contributed by atoms with van der Waals surface area (Å²) in [5.41, 5.74) is 2.92. The molecule has 0 aliphatic rings. The molecule has 8 heteroatoms. The number of ether oxygens (including phenoxy) is 3. The Labute approximate surface area is 187 Å². The van der Waals surface area contributed by atoms with Crippen molar-refractivity contribution < 1.29 is 14.2 Å². The van der Waals surface area contributed by atoms with E-state index < -0.39 is 0 Å². The molecular weight excluding hydrogens is 412 g/mol. The third kappa shape index (κ3) is 6.97. The van der Waals surface area contributed by atoms with Gasteiger partial charge in [0, 0.05) is 49.9 Å². The molecule has 0 radical (unpaired) electrons. The fraction of sp³-hybridized carbons (Fsp3) is 0.304. The molecule has 164 valence electrons. The van der Waals surface area contributed by atoms with Gasteiger partial charge in [-0.05, 0) is 36.4 Å². The molecule has 7 nitrogen and oxygen atoms in total. The van der Waals surface area contributed by atoms with E-state index in [1.165, 1.54) is 0 Å². The predicted octanol–water partition coefficient (Wildman–Crippen LogP) is 4.42. The van der Waals surface area contributed by atoms with Crippen molar-refractivity contribution in [2.45, 2.75) is 13.0 Å². The molecule has 0 spiro atoms. The molecule has 0 aliphatic heterocycles. The zero-order valence-electron chi connectivity index (χ0n) is 18.1. The number of benzene rings is 2. The number of aliphatic imine (C=N–C) groups is 1. The average molecular weight is 441 g/mol. The molecule has 1 aromatic heterocycles. The molecule has 3 aromatic rings. The Bertz CT molecular complexity index is 973. The van der Waals surface area contributed by atoms with E-state index in [9.17, 15) is 0 Å². The summed E-state index contributed by atoms with van der Waals surface area (Å²) in [6.45, 7) is 1.87. The van der Waals surface area contributed by atoms with Crippen LogP contribution in [0.4, 0.5) is 5.69 Å². The molecule has 31 heavy (non-hydrogen) atoms. The van der Waals surface area contributed by atoms with Gasteiger partial charge in [0.2, 0.25) is 0 Å². The van der Waals surface area contributed by atoms with Crippen molar-refractivity contribution in [3.8, 4) is 22.1 Å². The van der Waals surface area contributed by atoms with E-state index in [1.54, 1.807) is 32.6 Å². The first-order valence-electron chi connectivity index (χ1n) is 10.00. The molecule has 0 saturated carbocycles. The number of anilines is 1. The second kappa shape index (κ2) is 11.9. The number of hydrogen-bond acceptors (Lipinski definition) is 6. The maximum Gasteiger partial charge on any atom is 0.195 e. The molecule has 1 heterocycles. The van der Waals surface area contributed by atoms with E-state index in [4.69, 9.17) is 19.2 Å². The monoisotopic (exact) mass is 440 g/mol. The van der Waals surface area contributed by atoms with Crippen LogP contribution < -0.4 is 20.1 Å². The standard InChI is InChI=1S/C23H28N4O3S/c1-24-23(27-18-6-4-7-21(14-18)30-13-5-12-28-2)25-15-19-16-31-22(26-19)17-8-10-20(29-3)11-9-17/h4,6-11,14,16H,5,12-13,15H2,1-3H3,(H2,24,25,27). The third-order valence-corrected chi connectivity index (χ3v) is 5.35. The summed E-state index contributed by atoms with van der Waals surface area (Å²) in [7, 11) is 5.09. The first kappa shape index (κ1) is 22.6. The predicted molar refractivity (Wildman–Crippen MR) is 126 cm³/mol. The van der Waals surface area contributed by atoms with Gasteiger partial charge in [0.15, 0.2) is 5.96 Å². The number of hydrogen-bond donors (Lipinski definition) is 2. The zero-order chi connectivity index (χ0) is 21.9. The molecule has 0 saturated heterocycles. The van der Waals surface area contributed by atoms with E-state index in [1.807, 2.05) is 53.9 Å². The van der Waals surface area contributed by atoms with Crippen LogP contribution in [0.5, 0.6) is 11.5 Å². The maximum absolute atomic E-state index is 5.76. The highest BCUT2D eigenvalue weighted by atomic mass is 32.1. The third-order valence-electron chi connectivity index (χ3n) is 4.41. The molecule has 0 aliphatic carbocycles. The van der Waals surface area contributed by atoms with Crippen LogP contribution in [-0.2, 0) is 11.3 Å². The molecule has 0 amide bonds. The minimum Gasteiger partial charge on any atom is -0.497 e. The molecule has 3 rings (SSSR count). The minimum atomic E-state index is 0.569. The summed E-state index contributed by atoms with van der Waals surface area (Å²) >= 11 is 1.61. The first-order valence-corrected chi connectivity index (χ1v) is 10.9. The molecule has 2 aromatic carbocycles. The largest absolute Gasteiger partial charge is 0.497 e. The van der Waals surface area contributed by atoms with Gasteiger partial charge in [0.25, 0.3) is 0 Å². The SMILES string of the molecule is CN=C(NCc1csc(-c2ccc(OC)cc2)n1)Nc1cccc(OCCCOC)c1. The number of rotatable bonds is 10. The number of methoxy groups -OCH3 is 2. The highest BCUT2D eigenvalue weighted by Gasteiger charge is 2.07. The Morgan fingerprint density at radius 1 is 1.06 bits per heavy atom. The van der Waals surface area contributed by atoms with Crippen molar-refractivity contribution in [2.75, 3.05) is 39.8 Å². The summed E-state index contributed by atoms with van der Waals surface area (Å²) in [4.78, 5) is 9.01. The van der Waals surface area contributed by atoms with Crippen molar-refractivity contribution in [2.24, 2.45) is 4.99 Å². The lowest BCUT2D eigenvalue weighted by Crippen LogP contribution is -2.30. The van der Waals surface area contributed by atoms with Gasteiger partial charge in [-0.25, -0.2) is 4.98 Å². The van der Waals surface area contributed by atoms with E-state index >= 15 is 0 Å². The Kier molecular flexibility index (Phi) is 8.69. The van der Waals surface area contributed by atoms with Gasteiger partial charge in [-0.15, -0.1) is 11.3 Å². The van der Waals surface area contributed by atoms with Crippen LogP contribution in [0.1, 0.15) is 12.1 Å². The van der Waals surface area contributed by atoms with E-state index in [0.29, 0.717) is 25.7 Å². The van der Waals surface area contributed by atoms with Crippen LogP contribution in [0.2, 0.25) is 0 Å². The normalized spacial score (nSPS) is 11.3. The number of guanidine groups is 1. The van der Waals surface area contributed by atoms with Crippen molar-refractivity contribution >= 4 is 23.0 Å². The molecule has 0 fully saturated rings. The smallest absolute Gasteiger partial charge is 0.195 e. The summed E-state index contributed by atoms with van der Waals surface area (Å²) < 4.78 is 16.0. The van der Waals surface area contributed by atoms with Gasteiger partial charge in [0.1, 0.15) is 16.5 Å². The van der Waals surface area contributed by atoms with Crippen LogP contribution in [-0.4, -0.2) is 45.4 Å². The first-order chi connectivity index (χ1) is 15.2. The average Bonchev–Trinajstić information content (AvgIpc) is 3.29. The van der Waals surface area contributed by atoms with E-state index in [2.05, 4.69) is 15.6 Å². The van der Waals surface area contributed by atoms with E-state index in [-0.39, 0.29) is 0 Å². The Hall–Kier alpha value is -3.10. The lowest BCUT2D eigenvalue weighted by atomic mass is 10.2. The minimum absolute atomic E-state index is 0.569. The lowest BCUT2D eigenvalue weighted by Gasteiger charge is -2.12. The van der Waals surface area contributed by atoms with Gasteiger partial charge in [-0.1, -0.05) is 6.07 Å². The van der Waals surface area contributed by atoms with Crippen molar-refractivity contribution in [3.63, 3.8) is 0 Å². The van der Waals surface area contributed by atoms with Crippen LogP contribution in [0, 0.1) is 0 Å². The molecule has 0 unspecified atom stereocenters. The number of nitrogens with one attached hydrogen (secondary N) is 2. The summed E-state index contributed by atoms with van der Waals surface area (Å²) in [6.07, 6.45) is 0.851. The van der Waals surface area contributed by atoms with Gasteiger partial charge < -0.3 is 24.8 Å². The van der Waals surface area contributed by atoms with Crippen LogP contribution >= 0.6 is 11.3 Å². The topological polar surface area (TPSA) is 77.0 Å². The second-order valence-corrected chi connectivity index (χ2v) is 7.50. The Morgan fingerprint density at radius 2 is 1.90 bits per heavy atom. The van der Waals surface area contributed by atoms with Gasteiger partial charge in [-0.2, -0.15) is 0 Å². The fourth-order valence-electron chi connectivity index (χ4n) is 2.80. The maximum atomic E-state index is 5.76. The van der Waals surface area contributed by atoms with E-state index in [0.717, 1.165) is 39.9 Å². The number of aromatic nitrogens is 1. The van der Waals surface area contributed by atoms with Crippen molar-refractivity contribution in [1.82, 2.24) is 10.3 Å². The summed E-state index contributed by atoms with van der Waals surface area (Å²) in [5, 5.41) is 9.61. The Balaban J connectivity index is 1.53. The summed E-state index contributed by atoms with van der Waals surface area (Å²) in [5.74, 6) is 2.30. The quantitative estimate of drug-likeness (QED) is 0.276. The fourth-order valence-corrected chi connectivity index (χ4v) is 3.63. The number of nitrogens with zero attached hydrogens (tertiary/aromatic N) is 2. The van der Waals surface area contributed by atoms with Gasteiger partial charge in [-0.3, -0.25) is 4.99 Å². The van der Waals surface area contributed by atoms with Crippen LogP contribution in [0.25, 0.3) is 10.6 Å². The summed E-state index contributed by atoms with van der Waals surface area (Å²) in [6, 6.07) is 15.7. The number of thiazole rings is 1.